The first-order valence-corrected chi connectivity index (χ1v) is 7.09. The van der Waals surface area contributed by atoms with Crippen molar-refractivity contribution >= 4 is 8.56 Å². The molecule has 0 fully saturated rings. The smallest absolute Gasteiger partial charge is 0.364 e. The summed E-state index contributed by atoms with van der Waals surface area (Å²) in [4.78, 5) is 0. The molecule has 0 amide bonds. The maximum Gasteiger partial charge on any atom is 0.364 e. The average Bonchev–Trinajstić information content (AvgIpc) is 2.24. The van der Waals surface area contributed by atoms with Gasteiger partial charge in [-0.1, -0.05) is 0 Å². The van der Waals surface area contributed by atoms with Crippen molar-refractivity contribution in [1.82, 2.24) is 5.32 Å². The van der Waals surface area contributed by atoms with Gasteiger partial charge < -0.3 is 25.0 Å². The van der Waals surface area contributed by atoms with Gasteiger partial charge >= 0.3 is 8.56 Å². The number of nitrogens with two attached hydrogens (primary N) is 1. The zero-order valence-corrected chi connectivity index (χ0v) is 10.1. The van der Waals surface area contributed by atoms with Crippen LogP contribution in [0.4, 0.5) is 0 Å². The lowest BCUT2D eigenvalue weighted by Crippen LogP contribution is -2.45. The molecule has 0 radical (unpaired) electrons. The van der Waals surface area contributed by atoms with E-state index < -0.39 is 8.56 Å². The highest BCUT2D eigenvalue weighted by molar-refractivity contribution is 6.67. The summed E-state index contributed by atoms with van der Waals surface area (Å²) in [7, 11) is 0.900. The number of hydrogen-bond donors (Lipinski definition) is 3. The van der Waals surface area contributed by atoms with Crippen LogP contribution in [-0.2, 0) is 8.85 Å². The molecule has 5 nitrogen and oxygen atoms in total. The molecule has 0 aliphatic rings. The first-order valence-electron chi connectivity index (χ1n) is 4.86. The van der Waals surface area contributed by atoms with Crippen LogP contribution in [0.15, 0.2) is 0 Å². The molecule has 0 atom stereocenters. The van der Waals surface area contributed by atoms with Crippen LogP contribution in [-0.4, -0.2) is 53.8 Å². The third-order valence-electron chi connectivity index (χ3n) is 2.22. The Hall–Kier alpha value is 0.0169. The minimum atomic E-state index is -2.29. The van der Waals surface area contributed by atoms with Crippen molar-refractivity contribution in [2.75, 3.05) is 40.1 Å². The van der Waals surface area contributed by atoms with Gasteiger partial charge in [0.1, 0.15) is 0 Å². The predicted molar refractivity (Wildman–Crippen MR) is 58.2 cm³/mol. The van der Waals surface area contributed by atoms with E-state index in [2.05, 4.69) is 5.32 Å². The van der Waals surface area contributed by atoms with Crippen LogP contribution in [0.5, 0.6) is 0 Å². The normalized spacial score (nSPS) is 12.0. The van der Waals surface area contributed by atoms with Crippen molar-refractivity contribution in [1.29, 1.82) is 0 Å². The molecule has 14 heavy (non-hydrogen) atoms. The Morgan fingerprint density at radius 3 is 2.36 bits per heavy atom. The SMILES string of the molecule is CO[Si](CO)(CCCNCCN)OC. The fraction of sp³-hybridized carbons (Fsp3) is 1.00. The minimum absolute atomic E-state index is 0.0108. The highest BCUT2D eigenvalue weighted by Crippen LogP contribution is 2.12. The fourth-order valence-electron chi connectivity index (χ4n) is 1.21. The second kappa shape index (κ2) is 8.34. The molecule has 0 aromatic heterocycles. The molecule has 0 aliphatic carbocycles. The summed E-state index contributed by atoms with van der Waals surface area (Å²) in [5.41, 5.74) is 5.33. The van der Waals surface area contributed by atoms with E-state index in [9.17, 15) is 0 Å². The lowest BCUT2D eigenvalue weighted by molar-refractivity contribution is 0.196. The second-order valence-electron chi connectivity index (χ2n) is 3.12. The number of hydrogen-bond acceptors (Lipinski definition) is 5. The third-order valence-corrected chi connectivity index (χ3v) is 5.30. The van der Waals surface area contributed by atoms with Crippen molar-refractivity contribution in [2.45, 2.75) is 12.5 Å². The summed E-state index contributed by atoms with van der Waals surface area (Å²) in [6, 6.07) is 0.800. The Kier molecular flexibility index (Phi) is 8.35. The maximum absolute atomic E-state index is 9.15. The molecule has 0 bridgehead atoms. The molecule has 0 saturated carbocycles. The Labute approximate surface area is 86.8 Å². The number of nitrogens with one attached hydrogen (secondary N) is 1. The second-order valence-corrected chi connectivity index (χ2v) is 6.57. The summed E-state index contributed by atoms with van der Waals surface area (Å²) in [6.45, 7) is 2.36. The Morgan fingerprint density at radius 1 is 1.29 bits per heavy atom. The molecule has 6 heteroatoms. The van der Waals surface area contributed by atoms with Gasteiger partial charge in [-0.15, -0.1) is 0 Å². The van der Waals surface area contributed by atoms with Crippen LogP contribution in [0.2, 0.25) is 6.04 Å². The number of aliphatic hydroxyl groups is 1. The summed E-state index contributed by atoms with van der Waals surface area (Å²) in [5.74, 6) is 0. The molecule has 0 aliphatic heterocycles. The molecular weight excluding hydrogens is 200 g/mol. The van der Waals surface area contributed by atoms with E-state index in [-0.39, 0.29) is 6.23 Å². The van der Waals surface area contributed by atoms with Gasteiger partial charge in [0.05, 0.1) is 6.23 Å². The van der Waals surface area contributed by atoms with E-state index in [0.717, 1.165) is 25.6 Å². The van der Waals surface area contributed by atoms with E-state index in [1.54, 1.807) is 14.2 Å². The molecule has 0 spiro atoms. The van der Waals surface area contributed by atoms with E-state index in [1.807, 2.05) is 0 Å². The van der Waals surface area contributed by atoms with E-state index in [0.29, 0.717) is 6.54 Å². The van der Waals surface area contributed by atoms with Crippen LogP contribution in [0.1, 0.15) is 6.42 Å². The van der Waals surface area contributed by atoms with Gasteiger partial charge in [0.15, 0.2) is 0 Å². The van der Waals surface area contributed by atoms with Crippen LogP contribution in [0.3, 0.4) is 0 Å². The fourth-order valence-corrected chi connectivity index (χ4v) is 2.91. The standard InChI is InChI=1S/C8H22N2O3Si/c1-12-14(8-11,13-2)7-3-5-10-6-4-9/h10-11H,3-9H2,1-2H3. The van der Waals surface area contributed by atoms with Crippen molar-refractivity contribution < 1.29 is 14.0 Å². The molecular formula is C8H22N2O3Si. The summed E-state index contributed by atoms with van der Waals surface area (Å²) in [5, 5.41) is 12.3. The van der Waals surface area contributed by atoms with Crippen LogP contribution < -0.4 is 11.1 Å². The summed E-state index contributed by atoms with van der Waals surface area (Å²) in [6.07, 6.45) is 0.950. The van der Waals surface area contributed by atoms with Gasteiger partial charge in [-0.05, 0) is 19.0 Å². The molecule has 0 saturated heterocycles. The Morgan fingerprint density at radius 2 is 1.93 bits per heavy atom. The van der Waals surface area contributed by atoms with Crippen molar-refractivity contribution in [3.05, 3.63) is 0 Å². The zero-order valence-electron chi connectivity index (χ0n) is 9.08. The van der Waals surface area contributed by atoms with Gasteiger partial charge in [-0.25, -0.2) is 0 Å². The molecule has 0 heterocycles. The molecule has 86 valence electrons. The first kappa shape index (κ1) is 14.0. The minimum Gasteiger partial charge on any atom is -0.396 e. The van der Waals surface area contributed by atoms with E-state index in [4.69, 9.17) is 19.7 Å². The number of aliphatic hydroxyl groups excluding tert-OH is 1. The van der Waals surface area contributed by atoms with Crippen molar-refractivity contribution in [3.8, 4) is 0 Å². The lowest BCUT2D eigenvalue weighted by atomic mass is 10.5. The molecule has 0 aromatic rings. The van der Waals surface area contributed by atoms with Crippen LogP contribution in [0, 0.1) is 0 Å². The maximum atomic E-state index is 9.15. The van der Waals surface area contributed by atoms with Gasteiger partial charge in [0, 0.05) is 27.3 Å². The van der Waals surface area contributed by atoms with E-state index in [1.165, 1.54) is 0 Å². The van der Waals surface area contributed by atoms with E-state index >= 15 is 0 Å². The Balaban J connectivity index is 3.61. The van der Waals surface area contributed by atoms with Crippen LogP contribution in [0.25, 0.3) is 0 Å². The van der Waals surface area contributed by atoms with Crippen molar-refractivity contribution in [2.24, 2.45) is 5.73 Å². The third kappa shape index (κ3) is 5.04. The lowest BCUT2D eigenvalue weighted by Gasteiger charge is -2.24. The van der Waals surface area contributed by atoms with Gasteiger partial charge in [0.2, 0.25) is 0 Å². The molecule has 0 aromatic carbocycles. The Bertz CT molecular complexity index is 125. The van der Waals surface area contributed by atoms with Gasteiger partial charge in [-0.2, -0.15) is 0 Å². The van der Waals surface area contributed by atoms with Gasteiger partial charge in [-0.3, -0.25) is 0 Å². The highest BCUT2D eigenvalue weighted by atomic mass is 28.4. The first-order chi connectivity index (χ1) is 6.74. The highest BCUT2D eigenvalue weighted by Gasteiger charge is 2.33. The predicted octanol–water partition coefficient (Wildman–Crippen LogP) is -0.809. The monoisotopic (exact) mass is 222 g/mol. The molecule has 4 N–H and O–H groups in total. The van der Waals surface area contributed by atoms with Gasteiger partial charge in [0.25, 0.3) is 0 Å². The number of rotatable bonds is 9. The van der Waals surface area contributed by atoms with Crippen molar-refractivity contribution in [3.63, 3.8) is 0 Å². The topological polar surface area (TPSA) is 76.7 Å². The molecule has 0 unspecified atom stereocenters. The zero-order chi connectivity index (χ0) is 10.9. The quantitative estimate of drug-likeness (QED) is 0.351. The summed E-state index contributed by atoms with van der Waals surface area (Å²) >= 11 is 0. The average molecular weight is 222 g/mol. The summed E-state index contributed by atoms with van der Waals surface area (Å²) < 4.78 is 10.5. The largest absolute Gasteiger partial charge is 0.396 e. The van der Waals surface area contributed by atoms with Crippen LogP contribution >= 0.6 is 0 Å². The molecule has 0 rings (SSSR count).